The van der Waals surface area contributed by atoms with Crippen molar-refractivity contribution in [3.05, 3.63) is 72.3 Å². The Hall–Kier alpha value is -2.91. The van der Waals surface area contributed by atoms with E-state index in [-0.39, 0.29) is 11.2 Å². The van der Waals surface area contributed by atoms with Crippen molar-refractivity contribution in [2.75, 3.05) is 0 Å². The summed E-state index contributed by atoms with van der Waals surface area (Å²) in [5, 5.41) is 17.2. The van der Waals surface area contributed by atoms with Gasteiger partial charge in [0.2, 0.25) is 4.96 Å². The van der Waals surface area contributed by atoms with Crippen LogP contribution in [-0.2, 0) is 0 Å². The molecule has 4 rings (SSSR count). The molecule has 0 saturated heterocycles. The molecule has 0 N–H and O–H groups in total. The van der Waals surface area contributed by atoms with E-state index >= 15 is 0 Å². The molecule has 0 aliphatic heterocycles. The molecule has 3 aromatic heterocycles. The minimum Gasteiger partial charge on any atom is -0.266 e. The number of rotatable bonds is 3. The predicted molar refractivity (Wildman–Crippen MR) is 92.3 cm³/mol. The maximum Gasteiger partial charge on any atom is 0.291 e. The fourth-order valence-electron chi connectivity index (χ4n) is 2.26. The second-order valence-corrected chi connectivity index (χ2v) is 6.80. The summed E-state index contributed by atoms with van der Waals surface area (Å²) in [7, 11) is 0. The zero-order valence-corrected chi connectivity index (χ0v) is 13.6. The second kappa shape index (κ2) is 5.62. The quantitative estimate of drug-likeness (QED) is 0.415. The summed E-state index contributed by atoms with van der Waals surface area (Å²) in [6.07, 6.45) is 1.51. The summed E-state index contributed by atoms with van der Waals surface area (Å²) in [5.41, 5.74) is 0.00112. The molecule has 24 heavy (non-hydrogen) atoms. The largest absolute Gasteiger partial charge is 0.291 e. The molecule has 0 bridgehead atoms. The van der Waals surface area contributed by atoms with Crippen molar-refractivity contribution in [2.45, 2.75) is 0 Å². The van der Waals surface area contributed by atoms with Crippen LogP contribution in [0.15, 0.2) is 46.6 Å². The van der Waals surface area contributed by atoms with E-state index in [1.165, 1.54) is 28.0 Å². The molecule has 0 radical (unpaired) electrons. The van der Waals surface area contributed by atoms with E-state index in [2.05, 4.69) is 10.1 Å². The van der Waals surface area contributed by atoms with E-state index in [4.69, 9.17) is 0 Å². The molecule has 0 saturated carbocycles. The summed E-state index contributed by atoms with van der Waals surface area (Å²) in [6, 6.07) is 10.1. The van der Waals surface area contributed by atoms with Crippen molar-refractivity contribution in [3.8, 4) is 10.7 Å². The molecule has 0 amide bonds. The van der Waals surface area contributed by atoms with Crippen LogP contribution >= 0.6 is 22.7 Å². The van der Waals surface area contributed by atoms with Crippen molar-refractivity contribution >= 4 is 39.4 Å². The fraction of sp³-hybridized carbons (Fsp3) is 0. The molecule has 4 aromatic rings. The van der Waals surface area contributed by atoms with Crippen LogP contribution in [0.25, 0.3) is 21.7 Å². The first-order valence-corrected chi connectivity index (χ1v) is 8.52. The molecular weight excluding hydrogens is 348 g/mol. The smallest absolute Gasteiger partial charge is 0.266 e. The maximum atomic E-state index is 12.5. The van der Waals surface area contributed by atoms with Crippen LogP contribution in [-0.4, -0.2) is 19.5 Å². The Morgan fingerprint density at radius 1 is 1.21 bits per heavy atom. The van der Waals surface area contributed by atoms with Gasteiger partial charge in [0.15, 0.2) is 5.82 Å². The highest BCUT2D eigenvalue weighted by Crippen LogP contribution is 2.22. The molecule has 0 aliphatic rings. The van der Waals surface area contributed by atoms with Gasteiger partial charge in [0.25, 0.3) is 11.2 Å². The predicted octanol–water partition coefficient (Wildman–Crippen LogP) is 2.34. The van der Waals surface area contributed by atoms with Gasteiger partial charge < -0.3 is 0 Å². The van der Waals surface area contributed by atoms with Crippen LogP contribution in [0.1, 0.15) is 5.56 Å². The van der Waals surface area contributed by atoms with Gasteiger partial charge in [-0.05, 0) is 23.6 Å². The van der Waals surface area contributed by atoms with Crippen molar-refractivity contribution in [2.24, 2.45) is 0 Å². The van der Waals surface area contributed by atoms with Crippen LogP contribution < -0.4 is 10.1 Å². The Morgan fingerprint density at radius 2 is 2.04 bits per heavy atom. The minimum absolute atomic E-state index is 0.0461. The zero-order valence-electron chi connectivity index (χ0n) is 11.9. The molecule has 0 fully saturated rings. The van der Waals surface area contributed by atoms with E-state index in [0.717, 1.165) is 16.2 Å². The lowest BCUT2D eigenvalue weighted by Crippen LogP contribution is -2.23. The highest BCUT2D eigenvalue weighted by Gasteiger charge is 2.14. The average molecular weight is 356 g/mol. The second-order valence-electron chi connectivity index (χ2n) is 4.84. The fourth-order valence-corrected chi connectivity index (χ4v) is 3.81. The number of nitrogens with zero attached hydrogens (tertiary/aromatic N) is 4. The average Bonchev–Trinajstić information content (AvgIpc) is 3.27. The first-order valence-electron chi connectivity index (χ1n) is 6.82. The number of fused-ring (bicyclic) bond motifs is 1. The Balaban J connectivity index is 1.87. The van der Waals surface area contributed by atoms with E-state index in [9.17, 15) is 14.9 Å². The summed E-state index contributed by atoms with van der Waals surface area (Å²) < 4.78 is 1.59. The van der Waals surface area contributed by atoms with Gasteiger partial charge in [-0.25, -0.2) is 0 Å². The van der Waals surface area contributed by atoms with E-state index < -0.39 is 4.92 Å². The van der Waals surface area contributed by atoms with Gasteiger partial charge >= 0.3 is 0 Å². The number of nitro groups is 1. The van der Waals surface area contributed by atoms with Gasteiger partial charge in [0.1, 0.15) is 0 Å². The SMILES string of the molecule is O=c1/c(=C\c2ccccc2[N+](=O)[O-])sc2nc(-c3cccs3)nn12. The summed E-state index contributed by atoms with van der Waals surface area (Å²) in [5.74, 6) is 0.505. The zero-order chi connectivity index (χ0) is 16.7. The van der Waals surface area contributed by atoms with Crippen LogP contribution in [0.4, 0.5) is 5.69 Å². The Morgan fingerprint density at radius 3 is 2.75 bits per heavy atom. The minimum atomic E-state index is -0.470. The third-order valence-corrected chi connectivity index (χ3v) is 5.17. The highest BCUT2D eigenvalue weighted by molar-refractivity contribution is 7.15. The summed E-state index contributed by atoms with van der Waals surface area (Å²) in [4.78, 5) is 28.8. The molecule has 0 atom stereocenters. The molecule has 0 aliphatic carbocycles. The third kappa shape index (κ3) is 2.39. The highest BCUT2D eigenvalue weighted by atomic mass is 32.1. The molecule has 7 nitrogen and oxygen atoms in total. The van der Waals surface area contributed by atoms with Gasteiger partial charge in [-0.3, -0.25) is 14.9 Å². The standard InChI is InChI=1S/C15H8N4O3S2/c20-14-12(8-9-4-1-2-5-10(9)19(21)22)24-15-16-13(17-18(14)15)11-6-3-7-23-11/h1-8H/b12-8+. The number of hydrogen-bond acceptors (Lipinski definition) is 7. The number of thiophene rings is 1. The number of hydrogen-bond donors (Lipinski definition) is 0. The van der Waals surface area contributed by atoms with Crippen molar-refractivity contribution in [1.29, 1.82) is 0 Å². The topological polar surface area (TPSA) is 90.4 Å². The summed E-state index contributed by atoms with van der Waals surface area (Å²) >= 11 is 2.65. The van der Waals surface area contributed by atoms with Crippen molar-refractivity contribution in [1.82, 2.24) is 14.6 Å². The third-order valence-electron chi connectivity index (χ3n) is 3.34. The Labute approximate surface area is 142 Å². The van der Waals surface area contributed by atoms with Crippen LogP contribution in [0.5, 0.6) is 0 Å². The van der Waals surface area contributed by atoms with Crippen LogP contribution in [0, 0.1) is 10.1 Å². The van der Waals surface area contributed by atoms with Gasteiger partial charge in [0.05, 0.1) is 19.9 Å². The maximum absolute atomic E-state index is 12.5. The first-order chi connectivity index (χ1) is 11.6. The lowest BCUT2D eigenvalue weighted by Gasteiger charge is -1.94. The lowest BCUT2D eigenvalue weighted by atomic mass is 10.2. The van der Waals surface area contributed by atoms with Crippen molar-refractivity contribution < 1.29 is 4.92 Å². The molecule has 9 heteroatoms. The molecular formula is C15H8N4O3S2. The van der Waals surface area contributed by atoms with E-state index in [0.29, 0.717) is 20.9 Å². The van der Waals surface area contributed by atoms with Gasteiger partial charge in [-0.2, -0.15) is 9.50 Å². The number of benzene rings is 1. The van der Waals surface area contributed by atoms with Crippen LogP contribution in [0.2, 0.25) is 0 Å². The Bertz CT molecular complexity index is 1160. The summed E-state index contributed by atoms with van der Waals surface area (Å²) in [6.45, 7) is 0. The van der Waals surface area contributed by atoms with E-state index in [1.807, 2.05) is 17.5 Å². The van der Waals surface area contributed by atoms with Crippen LogP contribution in [0.3, 0.4) is 0 Å². The first kappa shape index (κ1) is 14.7. The Kier molecular flexibility index (Phi) is 3.44. The van der Waals surface area contributed by atoms with Gasteiger partial charge in [-0.15, -0.1) is 16.4 Å². The number of nitro benzene ring substituents is 1. The number of para-hydroxylation sites is 1. The molecule has 0 spiro atoms. The normalized spacial score (nSPS) is 12.1. The number of thiazole rings is 1. The van der Waals surface area contributed by atoms with Crippen molar-refractivity contribution in [3.63, 3.8) is 0 Å². The van der Waals surface area contributed by atoms with Gasteiger partial charge in [0, 0.05) is 6.07 Å². The molecule has 1 aromatic carbocycles. The van der Waals surface area contributed by atoms with E-state index in [1.54, 1.807) is 18.2 Å². The molecule has 118 valence electrons. The number of aromatic nitrogens is 3. The molecule has 0 unspecified atom stereocenters. The molecule has 3 heterocycles. The lowest BCUT2D eigenvalue weighted by molar-refractivity contribution is -0.385. The monoisotopic (exact) mass is 356 g/mol. The van der Waals surface area contributed by atoms with Gasteiger partial charge in [-0.1, -0.05) is 29.5 Å².